The van der Waals surface area contributed by atoms with Gasteiger partial charge in [0.05, 0.1) is 6.42 Å². The fourth-order valence-corrected chi connectivity index (χ4v) is 5.00. The molecule has 1 saturated heterocycles. The Morgan fingerprint density at radius 1 is 1.03 bits per heavy atom. The predicted octanol–water partition coefficient (Wildman–Crippen LogP) is 5.28. The van der Waals surface area contributed by atoms with Crippen molar-refractivity contribution in [2.45, 2.75) is 70.5 Å². The Morgan fingerprint density at radius 3 is 2.48 bits per heavy atom. The van der Waals surface area contributed by atoms with Crippen LogP contribution in [0.15, 0.2) is 48.5 Å². The first-order valence-electron chi connectivity index (χ1n) is 11.6. The smallest absolute Gasteiger partial charge is 0.307 e. The van der Waals surface area contributed by atoms with Gasteiger partial charge in [-0.1, -0.05) is 36.4 Å². The molecular weight excluding hydrogens is 386 g/mol. The molecule has 1 fully saturated rings. The Bertz CT molecular complexity index is 892. The Morgan fingerprint density at radius 2 is 1.77 bits per heavy atom. The zero-order valence-corrected chi connectivity index (χ0v) is 19.2. The van der Waals surface area contributed by atoms with E-state index in [1.54, 1.807) is 0 Å². The van der Waals surface area contributed by atoms with Crippen LogP contribution >= 0.6 is 0 Å². The summed E-state index contributed by atoms with van der Waals surface area (Å²) < 4.78 is 11.5. The molecule has 31 heavy (non-hydrogen) atoms. The maximum Gasteiger partial charge on any atom is 0.307 e. The first-order valence-corrected chi connectivity index (χ1v) is 11.6. The molecule has 1 aliphatic carbocycles. The van der Waals surface area contributed by atoms with Crippen LogP contribution in [0.1, 0.15) is 63.1 Å². The third-order valence-electron chi connectivity index (χ3n) is 6.63. The van der Waals surface area contributed by atoms with E-state index >= 15 is 0 Å². The topological polar surface area (TPSA) is 38.8 Å². The van der Waals surface area contributed by atoms with Gasteiger partial charge in [-0.2, -0.15) is 0 Å². The lowest BCUT2D eigenvalue weighted by Crippen LogP contribution is -2.42. The summed E-state index contributed by atoms with van der Waals surface area (Å²) in [6, 6.07) is 17.0. The van der Waals surface area contributed by atoms with E-state index in [9.17, 15) is 4.79 Å². The highest BCUT2D eigenvalue weighted by Gasteiger charge is 2.41. The van der Waals surface area contributed by atoms with Crippen molar-refractivity contribution < 1.29 is 14.3 Å². The largest absolute Gasteiger partial charge is 0.489 e. The van der Waals surface area contributed by atoms with E-state index in [0.29, 0.717) is 18.4 Å². The molecule has 0 N–H and O–H groups in total. The quantitative estimate of drug-likeness (QED) is 0.595. The van der Waals surface area contributed by atoms with Crippen molar-refractivity contribution in [2.75, 3.05) is 19.6 Å². The highest BCUT2D eigenvalue weighted by molar-refractivity contribution is 5.70. The van der Waals surface area contributed by atoms with Gasteiger partial charge in [-0.3, -0.25) is 4.79 Å². The van der Waals surface area contributed by atoms with Crippen molar-refractivity contribution in [3.63, 3.8) is 0 Å². The van der Waals surface area contributed by atoms with Gasteiger partial charge in [-0.25, -0.2) is 0 Å². The molecule has 0 unspecified atom stereocenters. The maximum absolute atomic E-state index is 12.0. The molecule has 1 heterocycles. The molecule has 0 amide bonds. The molecule has 1 spiro atoms. The minimum Gasteiger partial charge on any atom is -0.489 e. The van der Waals surface area contributed by atoms with Crippen molar-refractivity contribution in [2.24, 2.45) is 0 Å². The molecule has 0 saturated carbocycles. The van der Waals surface area contributed by atoms with Crippen LogP contribution in [0.25, 0.3) is 0 Å². The van der Waals surface area contributed by atoms with Crippen LogP contribution in [0, 0.1) is 0 Å². The Kier molecular flexibility index (Phi) is 6.38. The van der Waals surface area contributed by atoms with Crippen molar-refractivity contribution in [3.05, 3.63) is 65.2 Å². The van der Waals surface area contributed by atoms with Gasteiger partial charge in [0, 0.05) is 6.54 Å². The second kappa shape index (κ2) is 9.04. The zero-order chi connectivity index (χ0) is 21.9. The highest BCUT2D eigenvalue weighted by atomic mass is 16.6. The Labute approximate surface area is 186 Å². The Balaban J connectivity index is 1.31. The maximum atomic E-state index is 12.0. The van der Waals surface area contributed by atoms with Gasteiger partial charge in [0.25, 0.3) is 0 Å². The second-order valence-corrected chi connectivity index (χ2v) is 10.1. The summed E-state index contributed by atoms with van der Waals surface area (Å²) in [5.41, 5.74) is 4.06. The fourth-order valence-electron chi connectivity index (χ4n) is 5.00. The predicted molar refractivity (Wildman–Crippen MR) is 123 cm³/mol. The summed E-state index contributed by atoms with van der Waals surface area (Å²) in [6.07, 6.45) is 5.17. The first kappa shape index (κ1) is 21.9. The van der Waals surface area contributed by atoms with E-state index in [0.717, 1.165) is 31.8 Å². The molecule has 0 atom stereocenters. The zero-order valence-electron chi connectivity index (χ0n) is 19.2. The summed E-state index contributed by atoms with van der Waals surface area (Å²) in [6.45, 7) is 9.27. The third kappa shape index (κ3) is 5.48. The molecule has 166 valence electrons. The number of esters is 1. The summed E-state index contributed by atoms with van der Waals surface area (Å²) in [5, 5.41) is 0. The number of carbonyl (C=O) groups is 1. The third-order valence-corrected chi connectivity index (χ3v) is 6.63. The second-order valence-electron chi connectivity index (χ2n) is 10.1. The highest BCUT2D eigenvalue weighted by Crippen LogP contribution is 2.47. The number of hydrogen-bond donors (Lipinski definition) is 0. The van der Waals surface area contributed by atoms with E-state index in [1.165, 1.54) is 36.0 Å². The SMILES string of the molecule is CC(C)(C)OC(=O)CCN1CCC2(CCc3cc(OCc4ccccc4)ccc32)CC1. The molecule has 0 radical (unpaired) electrons. The van der Waals surface area contributed by atoms with Crippen LogP contribution < -0.4 is 4.74 Å². The number of carbonyl (C=O) groups excluding carboxylic acids is 1. The van der Waals surface area contributed by atoms with E-state index < -0.39 is 5.60 Å². The van der Waals surface area contributed by atoms with Crippen LogP contribution in [-0.4, -0.2) is 36.1 Å². The van der Waals surface area contributed by atoms with Gasteiger partial charge in [0.1, 0.15) is 18.0 Å². The lowest BCUT2D eigenvalue weighted by molar-refractivity contribution is -0.155. The lowest BCUT2D eigenvalue weighted by atomic mass is 9.74. The monoisotopic (exact) mass is 421 g/mol. The number of aryl methyl sites for hydroxylation is 1. The summed E-state index contributed by atoms with van der Waals surface area (Å²) in [4.78, 5) is 14.5. The summed E-state index contributed by atoms with van der Waals surface area (Å²) in [5.74, 6) is 0.872. The molecule has 1 aliphatic heterocycles. The number of rotatable bonds is 6. The van der Waals surface area contributed by atoms with Crippen molar-refractivity contribution >= 4 is 5.97 Å². The van der Waals surface area contributed by atoms with Gasteiger partial charge < -0.3 is 14.4 Å². The number of benzene rings is 2. The molecule has 4 nitrogen and oxygen atoms in total. The number of hydrogen-bond acceptors (Lipinski definition) is 4. The van der Waals surface area contributed by atoms with Crippen LogP contribution in [0.4, 0.5) is 0 Å². The minimum absolute atomic E-state index is 0.0953. The van der Waals surface area contributed by atoms with E-state index in [4.69, 9.17) is 9.47 Å². The van der Waals surface area contributed by atoms with E-state index in [2.05, 4.69) is 35.2 Å². The number of nitrogens with zero attached hydrogens (tertiary/aromatic N) is 1. The standard InChI is InChI=1S/C27H35NO3/c1-26(2,3)31-25(29)12-16-28-17-14-27(15-18-28)13-11-22-19-23(9-10-24(22)27)30-20-21-7-5-4-6-8-21/h4-10,19H,11-18,20H2,1-3H3. The average Bonchev–Trinajstić information content (AvgIpc) is 3.09. The number of likely N-dealkylation sites (tertiary alicyclic amines) is 1. The van der Waals surface area contributed by atoms with Gasteiger partial charge in [0.15, 0.2) is 0 Å². The van der Waals surface area contributed by atoms with Crippen LogP contribution in [0.3, 0.4) is 0 Å². The molecule has 4 rings (SSSR count). The van der Waals surface area contributed by atoms with Crippen LogP contribution in [0.2, 0.25) is 0 Å². The molecule has 2 aliphatic rings. The first-order chi connectivity index (χ1) is 14.8. The van der Waals surface area contributed by atoms with E-state index in [1.807, 2.05) is 39.0 Å². The average molecular weight is 422 g/mol. The number of ether oxygens (including phenoxy) is 2. The van der Waals surface area contributed by atoms with E-state index in [-0.39, 0.29) is 5.97 Å². The van der Waals surface area contributed by atoms with Crippen LogP contribution in [-0.2, 0) is 28.0 Å². The lowest BCUT2D eigenvalue weighted by Gasteiger charge is -2.40. The summed E-state index contributed by atoms with van der Waals surface area (Å²) >= 11 is 0. The minimum atomic E-state index is -0.403. The van der Waals surface area contributed by atoms with Gasteiger partial charge in [0.2, 0.25) is 0 Å². The van der Waals surface area contributed by atoms with Crippen molar-refractivity contribution in [1.29, 1.82) is 0 Å². The normalized spacial score (nSPS) is 18.0. The molecule has 0 bridgehead atoms. The van der Waals surface area contributed by atoms with Gasteiger partial charge in [-0.05, 0) is 93.8 Å². The van der Waals surface area contributed by atoms with Crippen molar-refractivity contribution in [1.82, 2.24) is 4.90 Å². The van der Waals surface area contributed by atoms with Crippen LogP contribution in [0.5, 0.6) is 5.75 Å². The number of piperidine rings is 1. The fraction of sp³-hybridized carbons (Fsp3) is 0.519. The molecule has 2 aromatic rings. The molecular formula is C27H35NO3. The van der Waals surface area contributed by atoms with Gasteiger partial charge >= 0.3 is 5.97 Å². The molecule has 0 aromatic heterocycles. The summed E-state index contributed by atoms with van der Waals surface area (Å²) in [7, 11) is 0. The molecule has 4 heteroatoms. The molecule has 2 aromatic carbocycles. The van der Waals surface area contributed by atoms with Gasteiger partial charge in [-0.15, -0.1) is 0 Å². The van der Waals surface area contributed by atoms with Crippen molar-refractivity contribution in [3.8, 4) is 5.75 Å². The Hall–Kier alpha value is -2.33. The number of fused-ring (bicyclic) bond motifs is 2.